The first-order valence-electron chi connectivity index (χ1n) is 9.74. The van der Waals surface area contributed by atoms with E-state index in [0.29, 0.717) is 0 Å². The molecule has 0 bridgehead atoms. The second-order valence-corrected chi connectivity index (χ2v) is 8.57. The Balaban J connectivity index is 0.00000175. The van der Waals surface area contributed by atoms with Gasteiger partial charge in [0.15, 0.2) is 0 Å². The quantitative estimate of drug-likeness (QED) is 0.183. The molecule has 143 valence electrons. The summed E-state index contributed by atoms with van der Waals surface area (Å²) in [4.78, 5) is 5.10. The molecule has 1 aliphatic rings. The first-order chi connectivity index (χ1) is 14.4. The van der Waals surface area contributed by atoms with Crippen LogP contribution in [0.4, 0.5) is 0 Å². The Labute approximate surface area is 191 Å². The molecule has 0 saturated heterocycles. The normalized spacial score (nSPS) is 11.7. The van der Waals surface area contributed by atoms with Gasteiger partial charge in [0, 0.05) is 30.2 Å². The van der Waals surface area contributed by atoms with Crippen molar-refractivity contribution in [3.8, 4) is 33.5 Å². The van der Waals surface area contributed by atoms with Crippen molar-refractivity contribution >= 4 is 42.4 Å². The van der Waals surface area contributed by atoms with Gasteiger partial charge in [0.05, 0.1) is 5.52 Å². The molecule has 4 aromatic carbocycles. The van der Waals surface area contributed by atoms with Crippen LogP contribution in [-0.2, 0) is 20.1 Å². The predicted molar refractivity (Wildman–Crippen MR) is 123 cm³/mol. The number of pyridine rings is 1. The summed E-state index contributed by atoms with van der Waals surface area (Å²) >= 11 is 1.84. The minimum absolute atomic E-state index is 0. The van der Waals surface area contributed by atoms with E-state index in [1.807, 2.05) is 17.4 Å². The molecule has 2 aromatic heterocycles. The standard InChI is InChI=1S/C27H14NS.Ir/c1-2-8-17-16(7-1)18-10-5-12-22-26(18)21(17)15-23(28-22)19-11-6-14-25-27(19)20-9-3-4-13-24(20)29-25;/h1-10,12-15H;/q-1;. The molecule has 30 heavy (non-hydrogen) atoms. The van der Waals surface area contributed by atoms with Gasteiger partial charge in [-0.3, -0.25) is 4.98 Å². The van der Waals surface area contributed by atoms with Crippen LogP contribution in [-0.4, -0.2) is 4.98 Å². The molecule has 0 atom stereocenters. The number of aromatic nitrogens is 1. The molecular formula is C27H14IrNS-. The van der Waals surface area contributed by atoms with Crippen LogP contribution in [0.1, 0.15) is 0 Å². The Morgan fingerprint density at radius 2 is 1.43 bits per heavy atom. The summed E-state index contributed by atoms with van der Waals surface area (Å²) in [6.07, 6.45) is 0. The van der Waals surface area contributed by atoms with Crippen molar-refractivity contribution in [3.63, 3.8) is 0 Å². The zero-order valence-corrected chi connectivity index (χ0v) is 19.0. The van der Waals surface area contributed by atoms with E-state index < -0.39 is 0 Å². The van der Waals surface area contributed by atoms with Crippen LogP contribution in [0, 0.1) is 6.07 Å². The zero-order valence-electron chi connectivity index (χ0n) is 15.8. The van der Waals surface area contributed by atoms with Gasteiger partial charge in [-0.1, -0.05) is 66.0 Å². The van der Waals surface area contributed by atoms with E-state index in [0.717, 1.165) is 16.8 Å². The number of nitrogens with zero attached hydrogens (tertiary/aromatic N) is 1. The zero-order chi connectivity index (χ0) is 18.9. The topological polar surface area (TPSA) is 12.9 Å². The summed E-state index contributed by atoms with van der Waals surface area (Å²) in [7, 11) is 0. The van der Waals surface area contributed by atoms with Crippen molar-refractivity contribution in [1.29, 1.82) is 0 Å². The van der Waals surface area contributed by atoms with Gasteiger partial charge < -0.3 is 0 Å². The number of benzene rings is 4. The van der Waals surface area contributed by atoms with Crippen LogP contribution in [0.2, 0.25) is 0 Å². The maximum absolute atomic E-state index is 5.10. The minimum atomic E-state index is 0. The number of fused-ring (bicyclic) bond motifs is 6. The van der Waals surface area contributed by atoms with Crippen LogP contribution in [0.3, 0.4) is 0 Å². The van der Waals surface area contributed by atoms with E-state index in [9.17, 15) is 0 Å². The fourth-order valence-electron chi connectivity index (χ4n) is 4.72. The summed E-state index contributed by atoms with van der Waals surface area (Å²) in [5, 5.41) is 3.81. The van der Waals surface area contributed by atoms with Gasteiger partial charge in [0.1, 0.15) is 0 Å². The first kappa shape index (κ1) is 18.0. The second-order valence-electron chi connectivity index (χ2n) is 7.49. The van der Waals surface area contributed by atoms with Gasteiger partial charge in [-0.25, -0.2) is 0 Å². The molecule has 0 saturated carbocycles. The summed E-state index contributed by atoms with van der Waals surface area (Å²) in [5.74, 6) is 0. The molecule has 2 heterocycles. The van der Waals surface area contributed by atoms with Crippen molar-refractivity contribution < 1.29 is 20.1 Å². The second kappa shape index (κ2) is 6.58. The maximum Gasteiger partial charge on any atom is 0.0607 e. The molecule has 1 radical (unpaired) electrons. The summed E-state index contributed by atoms with van der Waals surface area (Å²) in [5.41, 5.74) is 8.30. The monoisotopic (exact) mass is 577 g/mol. The van der Waals surface area contributed by atoms with E-state index in [1.54, 1.807) is 0 Å². The fraction of sp³-hybridized carbons (Fsp3) is 0. The van der Waals surface area contributed by atoms with Gasteiger partial charge in [0.2, 0.25) is 0 Å². The molecular weight excluding hydrogens is 563 g/mol. The Morgan fingerprint density at radius 3 is 2.33 bits per heavy atom. The number of hydrogen-bond acceptors (Lipinski definition) is 2. The van der Waals surface area contributed by atoms with E-state index >= 15 is 0 Å². The first-order valence-corrected chi connectivity index (χ1v) is 10.6. The Morgan fingerprint density at radius 1 is 0.667 bits per heavy atom. The molecule has 1 nitrogen and oxygen atoms in total. The fourth-order valence-corrected chi connectivity index (χ4v) is 5.83. The van der Waals surface area contributed by atoms with Crippen molar-refractivity contribution in [2.24, 2.45) is 0 Å². The SMILES string of the molecule is [Ir].[c-]1ccc2sc3ccccc3c2c1-c1cc2c3c(cccc3n1)-c1ccccc1-2. The molecule has 0 fully saturated rings. The largest absolute Gasteiger partial charge is 0.296 e. The van der Waals surface area contributed by atoms with Gasteiger partial charge >= 0.3 is 0 Å². The van der Waals surface area contributed by atoms with Gasteiger partial charge in [-0.15, -0.1) is 23.8 Å². The summed E-state index contributed by atoms with van der Waals surface area (Å²) in [6.45, 7) is 0. The molecule has 1 aliphatic carbocycles. The van der Waals surface area contributed by atoms with E-state index in [4.69, 9.17) is 4.98 Å². The minimum Gasteiger partial charge on any atom is -0.296 e. The van der Waals surface area contributed by atoms with Crippen LogP contribution < -0.4 is 0 Å². The number of rotatable bonds is 1. The van der Waals surface area contributed by atoms with Crippen LogP contribution in [0.15, 0.2) is 84.9 Å². The molecule has 3 heteroatoms. The average molecular weight is 577 g/mol. The number of hydrogen-bond donors (Lipinski definition) is 0. The number of thiophene rings is 1. The van der Waals surface area contributed by atoms with Gasteiger partial charge in [-0.05, 0) is 50.2 Å². The van der Waals surface area contributed by atoms with Crippen molar-refractivity contribution in [2.75, 3.05) is 0 Å². The molecule has 0 N–H and O–H groups in total. The Bertz CT molecular complexity index is 1610. The third-order valence-corrected chi connectivity index (χ3v) is 7.07. The third-order valence-electron chi connectivity index (χ3n) is 5.93. The van der Waals surface area contributed by atoms with E-state index in [-0.39, 0.29) is 20.1 Å². The molecule has 0 unspecified atom stereocenters. The Hall–Kier alpha value is -2.84. The molecule has 0 spiro atoms. The van der Waals surface area contributed by atoms with Crippen LogP contribution in [0.25, 0.3) is 64.6 Å². The summed E-state index contributed by atoms with van der Waals surface area (Å²) < 4.78 is 2.59. The molecule has 0 amide bonds. The van der Waals surface area contributed by atoms with E-state index in [1.165, 1.54) is 47.8 Å². The molecule has 0 aliphatic heterocycles. The Kier molecular flexibility index (Phi) is 3.94. The smallest absolute Gasteiger partial charge is 0.0607 e. The van der Waals surface area contributed by atoms with Crippen molar-refractivity contribution in [1.82, 2.24) is 4.98 Å². The predicted octanol–water partition coefficient (Wildman–Crippen LogP) is 7.71. The molecule has 7 rings (SSSR count). The average Bonchev–Trinajstić information content (AvgIpc) is 3.31. The van der Waals surface area contributed by atoms with Crippen molar-refractivity contribution in [3.05, 3.63) is 91.0 Å². The maximum atomic E-state index is 5.10. The van der Waals surface area contributed by atoms with Gasteiger partial charge in [-0.2, -0.15) is 11.3 Å². The third kappa shape index (κ3) is 2.34. The van der Waals surface area contributed by atoms with Crippen molar-refractivity contribution in [2.45, 2.75) is 0 Å². The summed E-state index contributed by atoms with van der Waals surface area (Å²) in [6, 6.07) is 33.7. The van der Waals surface area contributed by atoms with Crippen LogP contribution in [0.5, 0.6) is 0 Å². The van der Waals surface area contributed by atoms with E-state index in [2.05, 4.69) is 84.9 Å². The molecule has 6 aromatic rings. The van der Waals surface area contributed by atoms with Gasteiger partial charge in [0.25, 0.3) is 0 Å². The van der Waals surface area contributed by atoms with Crippen LogP contribution >= 0.6 is 11.3 Å².